The predicted octanol–water partition coefficient (Wildman–Crippen LogP) is 0.872. The van der Waals surface area contributed by atoms with Gasteiger partial charge in [0.15, 0.2) is 0 Å². The first-order chi connectivity index (χ1) is 9.18. The number of hydrogen-bond acceptors (Lipinski definition) is 4. The lowest BCUT2D eigenvalue weighted by molar-refractivity contribution is -0.119. The molecule has 0 aromatic heterocycles. The van der Waals surface area contributed by atoms with Crippen LogP contribution in [0.3, 0.4) is 0 Å². The summed E-state index contributed by atoms with van der Waals surface area (Å²) in [6.45, 7) is 10.9. The summed E-state index contributed by atoms with van der Waals surface area (Å²) >= 11 is 0. The number of nitrogens with two attached hydrogens (primary N) is 1. The Morgan fingerprint density at radius 1 is 1.30 bits per heavy atom. The third-order valence-corrected chi connectivity index (χ3v) is 4.48. The molecule has 0 saturated carbocycles. The van der Waals surface area contributed by atoms with Gasteiger partial charge < -0.3 is 15.8 Å². The molecule has 2 rings (SSSR count). The molecule has 2 aliphatic rings. The van der Waals surface area contributed by atoms with E-state index in [9.17, 15) is 4.79 Å². The Kier molecular flexibility index (Phi) is 4.42. The summed E-state index contributed by atoms with van der Waals surface area (Å²) in [4.78, 5) is 13.1. The molecule has 1 amide bonds. The molecular formula is C15H29N3O2. The van der Waals surface area contributed by atoms with Crippen molar-refractivity contribution in [3.05, 3.63) is 0 Å². The van der Waals surface area contributed by atoms with Crippen LogP contribution in [0.1, 0.15) is 47.0 Å². The molecule has 116 valence electrons. The minimum atomic E-state index is -0.233. The number of piperidine rings is 1. The molecular weight excluding hydrogens is 254 g/mol. The Balaban J connectivity index is 1.82. The maximum Gasteiger partial charge on any atom is 0.231 e. The number of nitrogens with zero attached hydrogens (tertiary/aromatic N) is 1. The highest BCUT2D eigenvalue weighted by Crippen LogP contribution is 2.37. The van der Waals surface area contributed by atoms with Crippen LogP contribution in [0.5, 0.6) is 0 Å². The second-order valence-corrected chi connectivity index (χ2v) is 7.41. The third-order valence-electron chi connectivity index (χ3n) is 4.48. The molecule has 1 unspecified atom stereocenters. The monoisotopic (exact) mass is 283 g/mol. The van der Waals surface area contributed by atoms with Crippen molar-refractivity contribution in [1.82, 2.24) is 10.2 Å². The lowest BCUT2D eigenvalue weighted by Gasteiger charge is -2.36. The molecule has 5 nitrogen and oxygen atoms in total. The molecule has 0 aromatic rings. The fourth-order valence-corrected chi connectivity index (χ4v) is 3.58. The van der Waals surface area contributed by atoms with Crippen molar-refractivity contribution in [2.45, 2.75) is 70.2 Å². The summed E-state index contributed by atoms with van der Waals surface area (Å²) < 4.78 is 6.13. The van der Waals surface area contributed by atoms with Crippen LogP contribution in [-0.4, -0.2) is 53.7 Å². The Bertz CT molecular complexity index is 360. The summed E-state index contributed by atoms with van der Waals surface area (Å²) in [6.07, 6.45) is 3.18. The van der Waals surface area contributed by atoms with Crippen LogP contribution < -0.4 is 11.1 Å². The molecule has 3 N–H and O–H groups in total. The van der Waals surface area contributed by atoms with Gasteiger partial charge in [-0.2, -0.15) is 0 Å². The van der Waals surface area contributed by atoms with Crippen molar-refractivity contribution in [2.24, 2.45) is 5.73 Å². The molecule has 2 heterocycles. The normalized spacial score (nSPS) is 30.5. The molecule has 20 heavy (non-hydrogen) atoms. The van der Waals surface area contributed by atoms with Gasteiger partial charge in [-0.15, -0.1) is 0 Å². The summed E-state index contributed by atoms with van der Waals surface area (Å²) in [5, 5.41) is 3.77. The van der Waals surface area contributed by atoms with E-state index < -0.39 is 0 Å². The van der Waals surface area contributed by atoms with E-state index in [1.54, 1.807) is 0 Å². The first kappa shape index (κ1) is 15.7. The van der Waals surface area contributed by atoms with E-state index in [0.29, 0.717) is 18.6 Å². The Hall–Kier alpha value is -0.650. The Morgan fingerprint density at radius 3 is 2.35 bits per heavy atom. The highest BCUT2D eigenvalue weighted by Gasteiger charge is 2.46. The molecule has 2 saturated heterocycles. The number of amides is 1. The summed E-state index contributed by atoms with van der Waals surface area (Å²) in [5.74, 6) is -0.233. The van der Waals surface area contributed by atoms with E-state index in [1.165, 1.54) is 0 Å². The molecule has 2 fully saturated rings. The van der Waals surface area contributed by atoms with Crippen molar-refractivity contribution < 1.29 is 9.53 Å². The first-order valence-electron chi connectivity index (χ1n) is 7.65. The minimum Gasteiger partial charge on any atom is -0.369 e. The van der Waals surface area contributed by atoms with Crippen LogP contribution in [0, 0.1) is 0 Å². The lowest BCUT2D eigenvalue weighted by Crippen LogP contribution is -2.52. The SMILES string of the molecule is CC1(C)CC(NC2CCN(CC(N)=O)CC2)C(C)(C)O1. The molecule has 0 bridgehead atoms. The number of ether oxygens (including phenoxy) is 1. The molecule has 1 atom stereocenters. The van der Waals surface area contributed by atoms with Crippen LogP contribution in [0.4, 0.5) is 0 Å². The largest absolute Gasteiger partial charge is 0.369 e. The topological polar surface area (TPSA) is 67.6 Å². The maximum absolute atomic E-state index is 10.9. The van der Waals surface area contributed by atoms with Crippen molar-refractivity contribution in [1.29, 1.82) is 0 Å². The van der Waals surface area contributed by atoms with Gasteiger partial charge in [0.1, 0.15) is 0 Å². The van der Waals surface area contributed by atoms with Crippen molar-refractivity contribution in [2.75, 3.05) is 19.6 Å². The fourth-order valence-electron chi connectivity index (χ4n) is 3.58. The van der Waals surface area contributed by atoms with Crippen molar-refractivity contribution in [3.63, 3.8) is 0 Å². The molecule has 2 aliphatic heterocycles. The van der Waals surface area contributed by atoms with Gasteiger partial charge in [-0.25, -0.2) is 0 Å². The molecule has 0 radical (unpaired) electrons. The van der Waals surface area contributed by atoms with Gasteiger partial charge in [0.25, 0.3) is 0 Å². The highest BCUT2D eigenvalue weighted by molar-refractivity contribution is 5.75. The van der Waals surface area contributed by atoms with Gasteiger partial charge in [0.05, 0.1) is 17.7 Å². The number of primary amides is 1. The average Bonchev–Trinajstić information content (AvgIpc) is 2.48. The van der Waals surface area contributed by atoms with Gasteiger partial charge in [-0.05, 0) is 47.0 Å². The second-order valence-electron chi connectivity index (χ2n) is 7.41. The Morgan fingerprint density at radius 2 is 1.90 bits per heavy atom. The Labute approximate surface area is 122 Å². The van der Waals surface area contributed by atoms with Crippen LogP contribution >= 0.6 is 0 Å². The minimum absolute atomic E-state index is 0.0478. The maximum atomic E-state index is 10.9. The zero-order valence-corrected chi connectivity index (χ0v) is 13.2. The van der Waals surface area contributed by atoms with Gasteiger partial charge in [0, 0.05) is 25.2 Å². The van der Waals surface area contributed by atoms with E-state index >= 15 is 0 Å². The average molecular weight is 283 g/mol. The summed E-state index contributed by atoms with van der Waals surface area (Å²) in [6, 6.07) is 0.908. The number of carbonyl (C=O) groups excluding carboxylic acids is 1. The van der Waals surface area contributed by atoms with E-state index in [-0.39, 0.29) is 17.1 Å². The predicted molar refractivity (Wildman–Crippen MR) is 79.4 cm³/mol. The van der Waals surface area contributed by atoms with Gasteiger partial charge in [-0.3, -0.25) is 9.69 Å². The summed E-state index contributed by atoms with van der Waals surface area (Å²) in [7, 11) is 0. The fraction of sp³-hybridized carbons (Fsp3) is 0.933. The molecule has 5 heteroatoms. The van der Waals surface area contributed by atoms with Gasteiger partial charge in [-0.1, -0.05) is 0 Å². The smallest absolute Gasteiger partial charge is 0.231 e. The van der Waals surface area contributed by atoms with Gasteiger partial charge >= 0.3 is 0 Å². The van der Waals surface area contributed by atoms with E-state index in [4.69, 9.17) is 10.5 Å². The number of rotatable bonds is 4. The molecule has 0 spiro atoms. The van der Waals surface area contributed by atoms with E-state index in [2.05, 4.69) is 37.9 Å². The van der Waals surface area contributed by atoms with Crippen LogP contribution in [0.2, 0.25) is 0 Å². The molecule has 0 aromatic carbocycles. The van der Waals surface area contributed by atoms with E-state index in [1.807, 2.05) is 0 Å². The molecule has 0 aliphatic carbocycles. The number of likely N-dealkylation sites (tertiary alicyclic amines) is 1. The summed E-state index contributed by atoms with van der Waals surface area (Å²) in [5.41, 5.74) is 5.08. The van der Waals surface area contributed by atoms with Crippen LogP contribution in [0.25, 0.3) is 0 Å². The standard InChI is InChI=1S/C15H29N3O2/c1-14(2)9-12(15(3,4)20-14)17-11-5-7-18(8-6-11)10-13(16)19/h11-12,17H,5-10H2,1-4H3,(H2,16,19). The first-order valence-corrected chi connectivity index (χ1v) is 7.65. The zero-order chi connectivity index (χ0) is 15.0. The number of nitrogens with one attached hydrogen (secondary N) is 1. The van der Waals surface area contributed by atoms with Crippen molar-refractivity contribution >= 4 is 5.91 Å². The number of carbonyl (C=O) groups is 1. The zero-order valence-electron chi connectivity index (χ0n) is 13.2. The lowest BCUT2D eigenvalue weighted by atomic mass is 9.92. The van der Waals surface area contributed by atoms with Crippen molar-refractivity contribution in [3.8, 4) is 0 Å². The van der Waals surface area contributed by atoms with Crippen LogP contribution in [0.15, 0.2) is 0 Å². The number of hydrogen-bond donors (Lipinski definition) is 2. The van der Waals surface area contributed by atoms with Crippen LogP contribution in [-0.2, 0) is 9.53 Å². The highest BCUT2D eigenvalue weighted by atomic mass is 16.5. The van der Waals surface area contributed by atoms with Gasteiger partial charge in [0.2, 0.25) is 5.91 Å². The second kappa shape index (κ2) is 5.62. The quantitative estimate of drug-likeness (QED) is 0.803. The van der Waals surface area contributed by atoms with E-state index in [0.717, 1.165) is 32.4 Å². The third kappa shape index (κ3) is 3.93.